The summed E-state index contributed by atoms with van der Waals surface area (Å²) in [6.45, 7) is 0.434. The molecule has 0 aliphatic heterocycles. The summed E-state index contributed by atoms with van der Waals surface area (Å²) in [4.78, 5) is 19.7. The maximum atomic E-state index is 10.9. The predicted octanol–water partition coefficient (Wildman–Crippen LogP) is 5.25. The fraction of sp³-hybridized carbons (Fsp3) is 0.179. The first-order valence-electron chi connectivity index (χ1n) is 11.2. The van der Waals surface area contributed by atoms with Crippen molar-refractivity contribution in [1.29, 1.82) is 10.5 Å². The Kier molecular flexibility index (Phi) is 9.30. The number of allylic oxidation sites excluding steroid dienone is 1. The minimum Gasteiger partial charge on any atom is -0.481 e. The third-order valence-electron chi connectivity index (χ3n) is 5.17. The van der Waals surface area contributed by atoms with E-state index in [9.17, 15) is 15.3 Å². The Labute approximate surface area is 204 Å². The molecule has 174 valence electrons. The van der Waals surface area contributed by atoms with Gasteiger partial charge in [0.2, 0.25) is 0 Å². The van der Waals surface area contributed by atoms with Crippen LogP contribution in [0.5, 0.6) is 0 Å². The molecule has 0 fully saturated rings. The van der Waals surface area contributed by atoms with Crippen LogP contribution in [0.15, 0.2) is 90.2 Å². The van der Waals surface area contributed by atoms with Gasteiger partial charge in [0.25, 0.3) is 0 Å². The maximum absolute atomic E-state index is 10.9. The monoisotopic (exact) mass is 463 g/mol. The number of rotatable bonds is 10. The van der Waals surface area contributed by atoms with Crippen molar-refractivity contribution >= 4 is 23.1 Å². The molecule has 1 aromatic heterocycles. The van der Waals surface area contributed by atoms with Crippen LogP contribution < -0.4 is 5.32 Å². The van der Waals surface area contributed by atoms with Gasteiger partial charge in [-0.2, -0.15) is 10.5 Å². The van der Waals surface area contributed by atoms with Gasteiger partial charge in [-0.15, -0.1) is 0 Å². The summed E-state index contributed by atoms with van der Waals surface area (Å²) in [6, 6.07) is 24.9. The van der Waals surface area contributed by atoms with Crippen molar-refractivity contribution < 1.29 is 9.90 Å². The Morgan fingerprint density at radius 3 is 2.51 bits per heavy atom. The van der Waals surface area contributed by atoms with E-state index in [1.165, 1.54) is 0 Å². The molecule has 1 heterocycles. The smallest absolute Gasteiger partial charge is 0.303 e. The summed E-state index contributed by atoms with van der Waals surface area (Å²) in [5, 5.41) is 31.0. The first-order valence-corrected chi connectivity index (χ1v) is 11.2. The Morgan fingerprint density at radius 2 is 1.83 bits per heavy atom. The van der Waals surface area contributed by atoms with E-state index in [4.69, 9.17) is 5.11 Å². The van der Waals surface area contributed by atoms with Crippen LogP contribution in [0.2, 0.25) is 0 Å². The number of benzene rings is 2. The number of unbranched alkanes of at least 4 members (excludes halogenated alkanes) is 1. The molecule has 2 N–H and O–H groups in total. The molecule has 0 saturated carbocycles. The number of nitrogens with one attached hydrogen (secondary N) is 1. The molecule has 35 heavy (non-hydrogen) atoms. The molecule has 0 saturated heterocycles. The summed E-state index contributed by atoms with van der Waals surface area (Å²) in [5.74, 6) is -1.58. The Balaban J connectivity index is 1.92. The molecule has 3 aromatic rings. The fourth-order valence-corrected chi connectivity index (χ4v) is 3.45. The lowest BCUT2D eigenvalue weighted by atomic mass is 9.97. The second kappa shape index (κ2) is 13.1. The number of carboxylic acids is 1. The number of aromatic nitrogens is 1. The third-order valence-corrected chi connectivity index (χ3v) is 5.17. The van der Waals surface area contributed by atoms with E-state index in [0.717, 1.165) is 22.3 Å². The van der Waals surface area contributed by atoms with E-state index in [1.807, 2.05) is 84.9 Å². The van der Waals surface area contributed by atoms with Gasteiger partial charge in [0.05, 0.1) is 17.8 Å². The lowest BCUT2D eigenvalue weighted by Gasteiger charge is -2.12. The highest BCUT2D eigenvalue weighted by atomic mass is 16.4. The zero-order chi connectivity index (χ0) is 24.9. The van der Waals surface area contributed by atoms with E-state index < -0.39 is 11.9 Å². The number of nitriles is 2. The Bertz CT molecular complexity index is 1260. The minimum atomic E-state index is -1.04. The van der Waals surface area contributed by atoms with Gasteiger partial charge < -0.3 is 10.4 Å². The van der Waals surface area contributed by atoms with Gasteiger partial charge in [0, 0.05) is 30.9 Å². The molecule has 0 unspecified atom stereocenters. The molecule has 3 rings (SSSR count). The van der Waals surface area contributed by atoms with Crippen molar-refractivity contribution in [3.63, 3.8) is 0 Å². The second-order valence-electron chi connectivity index (χ2n) is 7.72. The quantitative estimate of drug-likeness (QED) is 0.240. The zero-order valence-corrected chi connectivity index (χ0v) is 19.1. The van der Waals surface area contributed by atoms with Crippen molar-refractivity contribution in [1.82, 2.24) is 10.3 Å². The highest BCUT2D eigenvalue weighted by Crippen LogP contribution is 2.27. The number of aliphatic imine (C=N–C) groups is 1. The number of amidine groups is 1. The largest absolute Gasteiger partial charge is 0.481 e. The van der Waals surface area contributed by atoms with Crippen molar-refractivity contribution in [2.45, 2.75) is 25.8 Å². The fourth-order valence-electron chi connectivity index (χ4n) is 3.45. The zero-order valence-electron chi connectivity index (χ0n) is 19.1. The molecular weight excluding hydrogens is 438 g/mol. The van der Waals surface area contributed by atoms with Crippen molar-refractivity contribution in [3.8, 4) is 12.1 Å². The molecule has 0 amide bonds. The second-order valence-corrected chi connectivity index (χ2v) is 7.72. The van der Waals surface area contributed by atoms with E-state index in [1.54, 1.807) is 12.4 Å². The molecule has 0 aliphatic rings. The molecule has 0 aliphatic carbocycles. The predicted molar refractivity (Wildman–Crippen MR) is 134 cm³/mol. The molecule has 2 aromatic carbocycles. The summed E-state index contributed by atoms with van der Waals surface area (Å²) >= 11 is 0. The summed E-state index contributed by atoms with van der Waals surface area (Å²) < 4.78 is 0. The molecular formula is C28H25N5O2. The lowest BCUT2D eigenvalue weighted by Crippen LogP contribution is -2.29. The van der Waals surface area contributed by atoms with Crippen LogP contribution in [0.4, 0.5) is 5.69 Å². The number of hydrogen-bond acceptors (Lipinski definition) is 5. The van der Waals surface area contributed by atoms with Crippen LogP contribution in [-0.2, 0) is 11.3 Å². The normalized spacial score (nSPS) is 11.5. The van der Waals surface area contributed by atoms with Gasteiger partial charge in [-0.25, -0.2) is 4.99 Å². The van der Waals surface area contributed by atoms with Gasteiger partial charge in [-0.3, -0.25) is 9.78 Å². The van der Waals surface area contributed by atoms with Crippen molar-refractivity contribution in [2.75, 3.05) is 0 Å². The van der Waals surface area contributed by atoms with Gasteiger partial charge >= 0.3 is 5.97 Å². The number of nitrogens with zero attached hydrogens (tertiary/aromatic N) is 4. The average molecular weight is 464 g/mol. The van der Waals surface area contributed by atoms with Crippen LogP contribution >= 0.6 is 0 Å². The maximum Gasteiger partial charge on any atom is 0.303 e. The summed E-state index contributed by atoms with van der Waals surface area (Å²) in [5.41, 5.74) is 4.29. The highest BCUT2D eigenvalue weighted by molar-refractivity contribution is 5.91. The minimum absolute atomic E-state index is 0.0985. The van der Waals surface area contributed by atoms with Crippen LogP contribution in [0.25, 0.3) is 5.57 Å². The molecule has 7 heteroatoms. The van der Waals surface area contributed by atoms with E-state index in [0.29, 0.717) is 25.1 Å². The molecule has 0 bridgehead atoms. The van der Waals surface area contributed by atoms with Crippen LogP contribution in [0.1, 0.15) is 36.0 Å². The first-order chi connectivity index (χ1) is 17.1. The highest BCUT2D eigenvalue weighted by Gasteiger charge is 2.15. The topological polar surface area (TPSA) is 122 Å². The summed E-state index contributed by atoms with van der Waals surface area (Å²) in [6.07, 6.45) is 6.68. The van der Waals surface area contributed by atoms with Crippen LogP contribution in [0.3, 0.4) is 0 Å². The third kappa shape index (κ3) is 7.66. The number of hydrogen-bond donors (Lipinski definition) is 2. The number of aliphatic carboxylic acids is 1. The number of carboxylic acid groups (broad SMARTS) is 1. The summed E-state index contributed by atoms with van der Waals surface area (Å²) in [7, 11) is 0. The average Bonchev–Trinajstić information content (AvgIpc) is 2.89. The van der Waals surface area contributed by atoms with E-state index in [2.05, 4.69) is 15.3 Å². The Hall–Kier alpha value is -4.75. The van der Waals surface area contributed by atoms with Gasteiger partial charge in [0.1, 0.15) is 5.84 Å². The Morgan fingerprint density at radius 1 is 1.06 bits per heavy atom. The first kappa shape index (κ1) is 24.9. The van der Waals surface area contributed by atoms with Gasteiger partial charge in [-0.1, -0.05) is 54.6 Å². The van der Waals surface area contributed by atoms with Gasteiger partial charge in [0.15, 0.2) is 5.92 Å². The SMILES string of the molecule is N#CC(C#N)C(=Nc1cccc(/C(=C\CCCC(=O)O)c2cccnc2)c1)NCc1ccccc1. The van der Waals surface area contributed by atoms with Crippen molar-refractivity contribution in [3.05, 3.63) is 102 Å². The standard InChI is InChI=1S/C28H25N5O2/c29-17-24(18-30)28(32-19-21-8-2-1-3-9-21)33-25-12-6-10-22(16-25)26(13-4-5-14-27(34)35)23-11-7-15-31-20-23/h1-3,6-13,15-16,20,24H,4-5,14,19H2,(H,32,33)(H,34,35)/b26-13+. The molecule has 0 radical (unpaired) electrons. The number of carbonyl (C=O) groups is 1. The van der Waals surface area contributed by atoms with Crippen LogP contribution in [-0.4, -0.2) is 21.9 Å². The van der Waals surface area contributed by atoms with Crippen molar-refractivity contribution in [2.24, 2.45) is 10.9 Å². The molecule has 0 atom stereocenters. The molecule has 0 spiro atoms. The molecule has 7 nitrogen and oxygen atoms in total. The van der Waals surface area contributed by atoms with Crippen LogP contribution in [0, 0.1) is 28.6 Å². The number of pyridine rings is 1. The van der Waals surface area contributed by atoms with E-state index >= 15 is 0 Å². The van der Waals surface area contributed by atoms with E-state index in [-0.39, 0.29) is 12.3 Å². The van der Waals surface area contributed by atoms with Gasteiger partial charge in [-0.05, 0) is 47.7 Å². The lowest BCUT2D eigenvalue weighted by molar-refractivity contribution is -0.137.